The summed E-state index contributed by atoms with van der Waals surface area (Å²) in [5.74, 6) is 1.11. The second-order valence-electron chi connectivity index (χ2n) is 3.56. The summed E-state index contributed by atoms with van der Waals surface area (Å²) in [5.41, 5.74) is 0. The predicted octanol–water partition coefficient (Wildman–Crippen LogP) is -1.08. The number of hydrogen-bond acceptors (Lipinski definition) is 6. The molecular formula is C8H13N3O3. The van der Waals surface area contributed by atoms with Crippen LogP contribution in [0.1, 0.15) is 11.7 Å². The molecule has 1 saturated heterocycles. The Labute approximate surface area is 81.1 Å². The minimum Gasteiger partial charge on any atom is -0.389 e. The first-order chi connectivity index (χ1) is 6.65. The highest BCUT2D eigenvalue weighted by Gasteiger charge is 2.30. The van der Waals surface area contributed by atoms with Crippen molar-refractivity contribution >= 4 is 0 Å². The van der Waals surface area contributed by atoms with Crippen LogP contribution >= 0.6 is 0 Å². The van der Waals surface area contributed by atoms with E-state index in [4.69, 9.17) is 4.52 Å². The van der Waals surface area contributed by atoms with Crippen LogP contribution < -0.4 is 0 Å². The number of aryl methyl sites for hydroxylation is 1. The standard InChI is InChI=1S/C8H13N3O3/c1-5-9-8(14-10-5)4-11-2-6(12)7(13)3-11/h6-7,12-13H,2-4H2,1H3. The molecule has 1 aliphatic rings. The lowest BCUT2D eigenvalue weighted by molar-refractivity contribution is 0.0572. The summed E-state index contributed by atoms with van der Waals surface area (Å²) in [6.07, 6.45) is -1.34. The van der Waals surface area contributed by atoms with Crippen LogP contribution in [0.4, 0.5) is 0 Å². The molecule has 2 rings (SSSR count). The Hall–Kier alpha value is -0.980. The van der Waals surface area contributed by atoms with Crippen molar-refractivity contribution < 1.29 is 14.7 Å². The average Bonchev–Trinajstić information content (AvgIpc) is 2.62. The van der Waals surface area contributed by atoms with E-state index in [0.717, 1.165) is 0 Å². The molecule has 1 fully saturated rings. The van der Waals surface area contributed by atoms with Crippen molar-refractivity contribution in [2.24, 2.45) is 0 Å². The zero-order chi connectivity index (χ0) is 10.1. The molecule has 2 unspecified atom stereocenters. The highest BCUT2D eigenvalue weighted by Crippen LogP contribution is 2.12. The monoisotopic (exact) mass is 199 g/mol. The maximum atomic E-state index is 9.29. The molecule has 6 heteroatoms. The van der Waals surface area contributed by atoms with Gasteiger partial charge in [-0.1, -0.05) is 5.16 Å². The van der Waals surface area contributed by atoms with E-state index in [-0.39, 0.29) is 0 Å². The van der Waals surface area contributed by atoms with Crippen LogP contribution in [-0.2, 0) is 6.54 Å². The number of nitrogens with zero attached hydrogens (tertiary/aromatic N) is 3. The number of aliphatic hydroxyl groups excluding tert-OH is 2. The Kier molecular flexibility index (Phi) is 2.49. The fraction of sp³-hybridized carbons (Fsp3) is 0.750. The summed E-state index contributed by atoms with van der Waals surface area (Å²) in [6.45, 7) is 3.13. The van der Waals surface area contributed by atoms with Crippen molar-refractivity contribution in [2.45, 2.75) is 25.7 Å². The number of rotatable bonds is 2. The molecule has 2 heterocycles. The van der Waals surface area contributed by atoms with Gasteiger partial charge in [0.15, 0.2) is 5.82 Å². The van der Waals surface area contributed by atoms with Gasteiger partial charge in [0.25, 0.3) is 0 Å². The van der Waals surface area contributed by atoms with Crippen LogP contribution in [0, 0.1) is 6.92 Å². The SMILES string of the molecule is Cc1noc(CN2CC(O)C(O)C2)n1. The Morgan fingerprint density at radius 3 is 2.57 bits per heavy atom. The lowest BCUT2D eigenvalue weighted by Gasteiger charge is -2.10. The van der Waals surface area contributed by atoms with E-state index in [1.54, 1.807) is 6.92 Å². The van der Waals surface area contributed by atoms with Crippen LogP contribution in [0.25, 0.3) is 0 Å². The van der Waals surface area contributed by atoms with Gasteiger partial charge in [0.05, 0.1) is 18.8 Å². The highest BCUT2D eigenvalue weighted by atomic mass is 16.5. The zero-order valence-electron chi connectivity index (χ0n) is 7.92. The fourth-order valence-corrected chi connectivity index (χ4v) is 1.57. The topological polar surface area (TPSA) is 82.6 Å². The molecular weight excluding hydrogens is 186 g/mol. The highest BCUT2D eigenvalue weighted by molar-refractivity contribution is 4.88. The third-order valence-electron chi connectivity index (χ3n) is 2.26. The van der Waals surface area contributed by atoms with Crippen molar-refractivity contribution in [3.63, 3.8) is 0 Å². The van der Waals surface area contributed by atoms with Crippen LogP contribution in [0.5, 0.6) is 0 Å². The van der Waals surface area contributed by atoms with Gasteiger partial charge in [0.2, 0.25) is 5.89 Å². The first kappa shape index (κ1) is 9.57. The number of likely N-dealkylation sites (tertiary alicyclic amines) is 1. The molecule has 0 saturated carbocycles. The molecule has 0 radical (unpaired) electrons. The van der Waals surface area contributed by atoms with Gasteiger partial charge in [0.1, 0.15) is 0 Å². The summed E-state index contributed by atoms with van der Waals surface area (Å²) in [7, 11) is 0. The van der Waals surface area contributed by atoms with E-state index >= 15 is 0 Å². The largest absolute Gasteiger partial charge is 0.389 e. The summed E-state index contributed by atoms with van der Waals surface area (Å²) in [6, 6.07) is 0. The van der Waals surface area contributed by atoms with Gasteiger partial charge >= 0.3 is 0 Å². The normalized spacial score (nSPS) is 28.5. The molecule has 78 valence electrons. The van der Waals surface area contributed by atoms with Crippen LogP contribution in [-0.4, -0.2) is 50.6 Å². The molecule has 0 aromatic carbocycles. The molecule has 1 aliphatic heterocycles. The van der Waals surface area contributed by atoms with Gasteiger partial charge in [-0.15, -0.1) is 0 Å². The molecule has 0 aliphatic carbocycles. The van der Waals surface area contributed by atoms with E-state index < -0.39 is 12.2 Å². The summed E-state index contributed by atoms with van der Waals surface area (Å²) in [4.78, 5) is 5.92. The van der Waals surface area contributed by atoms with E-state index in [9.17, 15) is 10.2 Å². The van der Waals surface area contributed by atoms with Crippen molar-refractivity contribution in [1.82, 2.24) is 15.0 Å². The molecule has 14 heavy (non-hydrogen) atoms. The van der Waals surface area contributed by atoms with Crippen molar-refractivity contribution in [1.29, 1.82) is 0 Å². The quantitative estimate of drug-likeness (QED) is 0.630. The van der Waals surface area contributed by atoms with Gasteiger partial charge in [0, 0.05) is 13.1 Å². The lowest BCUT2D eigenvalue weighted by atomic mass is 10.3. The zero-order valence-corrected chi connectivity index (χ0v) is 7.92. The second kappa shape index (κ2) is 3.64. The smallest absolute Gasteiger partial charge is 0.240 e. The minimum atomic E-state index is -0.668. The Bertz CT molecular complexity index is 305. The summed E-state index contributed by atoms with van der Waals surface area (Å²) >= 11 is 0. The number of aliphatic hydroxyl groups is 2. The van der Waals surface area contributed by atoms with E-state index in [0.29, 0.717) is 31.3 Å². The molecule has 1 aromatic rings. The van der Waals surface area contributed by atoms with Gasteiger partial charge in [-0.25, -0.2) is 0 Å². The molecule has 2 N–H and O–H groups in total. The van der Waals surface area contributed by atoms with Gasteiger partial charge in [-0.3, -0.25) is 4.90 Å². The molecule has 6 nitrogen and oxygen atoms in total. The van der Waals surface area contributed by atoms with Gasteiger partial charge in [-0.2, -0.15) is 4.98 Å². The molecule has 0 spiro atoms. The average molecular weight is 199 g/mol. The molecule has 0 amide bonds. The predicted molar refractivity (Wildman–Crippen MR) is 46.3 cm³/mol. The van der Waals surface area contributed by atoms with Gasteiger partial charge in [-0.05, 0) is 6.92 Å². The van der Waals surface area contributed by atoms with Crippen molar-refractivity contribution in [3.05, 3.63) is 11.7 Å². The number of hydrogen-bond donors (Lipinski definition) is 2. The first-order valence-corrected chi connectivity index (χ1v) is 4.53. The van der Waals surface area contributed by atoms with Crippen molar-refractivity contribution in [3.8, 4) is 0 Å². The number of β-amino-alcohol motifs (C(OH)–C–C–N with tert-alkyl or cyclic N) is 2. The second-order valence-corrected chi connectivity index (χ2v) is 3.56. The summed E-state index contributed by atoms with van der Waals surface area (Å²) < 4.78 is 4.93. The Morgan fingerprint density at radius 1 is 1.43 bits per heavy atom. The maximum absolute atomic E-state index is 9.29. The Balaban J connectivity index is 1.93. The van der Waals surface area contributed by atoms with Crippen LogP contribution in [0.15, 0.2) is 4.52 Å². The van der Waals surface area contributed by atoms with Crippen LogP contribution in [0.2, 0.25) is 0 Å². The summed E-state index contributed by atoms with van der Waals surface area (Å²) in [5, 5.41) is 22.2. The van der Waals surface area contributed by atoms with Crippen LogP contribution in [0.3, 0.4) is 0 Å². The van der Waals surface area contributed by atoms with E-state index in [1.165, 1.54) is 0 Å². The lowest BCUT2D eigenvalue weighted by Crippen LogP contribution is -2.22. The third kappa shape index (κ3) is 1.92. The molecule has 0 bridgehead atoms. The number of aromatic nitrogens is 2. The Morgan fingerprint density at radius 2 is 2.07 bits per heavy atom. The first-order valence-electron chi connectivity index (χ1n) is 4.53. The fourth-order valence-electron chi connectivity index (χ4n) is 1.57. The van der Waals surface area contributed by atoms with E-state index in [2.05, 4.69) is 10.1 Å². The third-order valence-corrected chi connectivity index (χ3v) is 2.26. The maximum Gasteiger partial charge on any atom is 0.240 e. The van der Waals surface area contributed by atoms with E-state index in [1.807, 2.05) is 4.90 Å². The van der Waals surface area contributed by atoms with Crippen molar-refractivity contribution in [2.75, 3.05) is 13.1 Å². The molecule has 2 atom stereocenters. The van der Waals surface area contributed by atoms with Gasteiger partial charge < -0.3 is 14.7 Å². The molecule has 1 aromatic heterocycles. The minimum absolute atomic E-state index is 0.447.